The maximum Gasteiger partial charge on any atom is 0 e. The van der Waals surface area contributed by atoms with Crippen LogP contribution in [0.25, 0.3) is 0 Å². The molecule has 0 unspecified atom stereocenters. The molecule has 0 aromatic heterocycles. The minimum absolute atomic E-state index is 0. The van der Waals surface area contributed by atoms with Crippen LogP contribution in [0.1, 0.15) is 0 Å². The average Bonchev–Trinajstić information content (AvgIpc) is 0.918. The van der Waals surface area contributed by atoms with Crippen LogP contribution in [0, 0.1) is 0 Å². The molecule has 29 valence electrons. The number of hydrogen-bond acceptors (Lipinski definition) is 2. The summed E-state index contributed by atoms with van der Waals surface area (Å²) in [6.07, 6.45) is 0. The molecule has 4 heteroatoms. The van der Waals surface area contributed by atoms with E-state index in [1.165, 1.54) is 0 Å². The standard InChI is InChI=1S/2Fe.H2O2/c;;1-2/h;;1-2H/q;+1;/p-1. The second-order valence-electron chi connectivity index (χ2n) is 0.0645. The number of rotatable bonds is 0. The molecular weight excluding hydrogens is 144 g/mol. The van der Waals surface area contributed by atoms with E-state index < -0.39 is 0 Å². The van der Waals surface area contributed by atoms with Crippen LogP contribution in [0.3, 0.4) is 0 Å². The van der Waals surface area contributed by atoms with E-state index in [0.717, 1.165) is 0 Å². The monoisotopic (exact) mass is 145 g/mol. The molecule has 0 bridgehead atoms. The zero-order chi connectivity index (χ0) is 2.71. The Balaban J connectivity index is 0. The van der Waals surface area contributed by atoms with E-state index in [-0.39, 0.29) is 17.1 Å². The van der Waals surface area contributed by atoms with Crippen LogP contribution in [0.4, 0.5) is 0 Å². The Morgan fingerprint density at radius 1 is 1.75 bits per heavy atom. The molecule has 0 aliphatic heterocycles. The quantitative estimate of drug-likeness (QED) is 0.293. The zero-order valence-electron chi connectivity index (χ0n) is 1.56. The van der Waals surface area contributed by atoms with Crippen molar-refractivity contribution in [3.63, 3.8) is 0 Å². The molecule has 4 heavy (non-hydrogen) atoms. The Morgan fingerprint density at radius 2 is 1.75 bits per heavy atom. The molecular formula is HFe2O2. The maximum absolute atomic E-state index is 6.96. The Morgan fingerprint density at radius 3 is 1.75 bits per heavy atom. The molecule has 0 heterocycles. The smallest absolute Gasteiger partial charge is 0 e. The summed E-state index contributed by atoms with van der Waals surface area (Å²) in [5.74, 6) is 0. The molecule has 0 rings (SSSR count). The van der Waals surface area contributed by atoms with Crippen molar-refractivity contribution in [2.45, 2.75) is 0 Å². The molecule has 0 spiro atoms. The van der Waals surface area contributed by atoms with E-state index in [9.17, 15) is 0 Å². The topological polar surface area (TPSA) is 29.5 Å². The summed E-state index contributed by atoms with van der Waals surface area (Å²) in [5, 5.41) is 6.96. The second-order valence-corrected chi connectivity index (χ2v) is 0.266. The number of hydrogen-bond donors (Lipinski definition) is 1. The van der Waals surface area contributed by atoms with Crippen molar-refractivity contribution >= 4 is 0 Å². The Hall–Kier alpha value is 0.959. The summed E-state index contributed by atoms with van der Waals surface area (Å²) in [5.41, 5.74) is 0. The first kappa shape index (κ1) is 8.88. The van der Waals surface area contributed by atoms with Gasteiger partial charge in [-0.1, -0.05) is 0 Å². The van der Waals surface area contributed by atoms with Crippen molar-refractivity contribution in [1.82, 2.24) is 0 Å². The van der Waals surface area contributed by atoms with Crippen LogP contribution in [-0.4, -0.2) is 5.26 Å². The van der Waals surface area contributed by atoms with Crippen LogP contribution in [0.5, 0.6) is 0 Å². The van der Waals surface area contributed by atoms with Gasteiger partial charge in [0.2, 0.25) is 0 Å². The summed E-state index contributed by atoms with van der Waals surface area (Å²) in [6.45, 7) is 0. The molecule has 0 saturated heterocycles. The van der Waals surface area contributed by atoms with Crippen LogP contribution in [-0.2, 0) is 37.4 Å². The first-order chi connectivity index (χ1) is 1.41. The average molecular weight is 145 g/mol. The van der Waals surface area contributed by atoms with Crippen molar-refractivity contribution < 1.29 is 42.6 Å². The SMILES string of the molecule is O[O][Fe].[Fe]. The van der Waals surface area contributed by atoms with E-state index >= 15 is 0 Å². The minimum Gasteiger partial charge on any atom is 0 e. The first-order valence-electron chi connectivity index (χ1n) is 0.327. The summed E-state index contributed by atoms with van der Waals surface area (Å²) < 4.78 is 3.00. The van der Waals surface area contributed by atoms with E-state index in [2.05, 4.69) is 20.3 Å². The van der Waals surface area contributed by atoms with E-state index in [1.54, 1.807) is 0 Å². The van der Waals surface area contributed by atoms with Crippen LogP contribution < -0.4 is 0 Å². The van der Waals surface area contributed by atoms with Gasteiger partial charge in [-0.3, -0.25) is 0 Å². The summed E-state index contributed by atoms with van der Waals surface area (Å²) in [7, 11) is 0. The third kappa shape index (κ3) is 12.3. The Labute approximate surface area is 43.1 Å². The second kappa shape index (κ2) is 9.03. The van der Waals surface area contributed by atoms with E-state index in [0.29, 0.717) is 0 Å². The van der Waals surface area contributed by atoms with E-state index in [1.807, 2.05) is 0 Å². The maximum atomic E-state index is 6.96. The predicted molar refractivity (Wildman–Crippen MR) is 3.71 cm³/mol. The van der Waals surface area contributed by atoms with Gasteiger partial charge in [0.05, 0.1) is 0 Å². The Bertz CT molecular complexity index is 4.00. The normalized spacial score (nSPS) is 4.50. The third-order valence-corrected chi connectivity index (χ3v) is 0. The fourth-order valence-corrected chi connectivity index (χ4v) is 0. The van der Waals surface area contributed by atoms with Crippen molar-refractivity contribution in [2.24, 2.45) is 0 Å². The molecule has 0 aliphatic carbocycles. The van der Waals surface area contributed by atoms with Crippen LogP contribution >= 0.6 is 0 Å². The van der Waals surface area contributed by atoms with Gasteiger partial charge in [0, 0.05) is 17.1 Å². The van der Waals surface area contributed by atoms with Gasteiger partial charge in [-0.25, -0.2) is 0 Å². The zero-order valence-corrected chi connectivity index (χ0v) is 3.77. The molecule has 0 atom stereocenters. The molecule has 0 radical (unpaired) electrons. The van der Waals surface area contributed by atoms with Crippen LogP contribution in [0.15, 0.2) is 0 Å². The Kier molecular flexibility index (Phi) is 20.0. The summed E-state index contributed by atoms with van der Waals surface area (Å²) in [6, 6.07) is 0. The van der Waals surface area contributed by atoms with Gasteiger partial charge in [-0.2, -0.15) is 0 Å². The van der Waals surface area contributed by atoms with Gasteiger partial charge in [0.15, 0.2) is 0 Å². The van der Waals surface area contributed by atoms with Gasteiger partial charge in [-0.05, 0) is 0 Å². The predicted octanol–water partition coefficient (Wildman–Crippen LogP) is -0.0647. The fraction of sp³-hybridized carbons (Fsp3) is 0. The summed E-state index contributed by atoms with van der Waals surface area (Å²) in [4.78, 5) is 0. The van der Waals surface area contributed by atoms with Crippen molar-refractivity contribution in [3.05, 3.63) is 0 Å². The van der Waals surface area contributed by atoms with Gasteiger partial charge < -0.3 is 0 Å². The van der Waals surface area contributed by atoms with Crippen molar-refractivity contribution in [1.29, 1.82) is 0 Å². The first-order valence-corrected chi connectivity index (χ1v) is 0.778. The van der Waals surface area contributed by atoms with Gasteiger partial charge in [0.25, 0.3) is 0 Å². The van der Waals surface area contributed by atoms with Crippen molar-refractivity contribution in [2.75, 3.05) is 0 Å². The molecule has 0 saturated carbocycles. The third-order valence-electron chi connectivity index (χ3n) is 0. The van der Waals surface area contributed by atoms with Crippen LogP contribution in [0.2, 0.25) is 0 Å². The van der Waals surface area contributed by atoms with E-state index in [4.69, 9.17) is 5.26 Å². The molecule has 2 nitrogen and oxygen atoms in total. The molecule has 0 aromatic carbocycles. The van der Waals surface area contributed by atoms with Gasteiger partial charge >= 0.3 is 25.6 Å². The largest absolute Gasteiger partial charge is 0 e. The molecule has 0 aliphatic rings. The molecule has 0 aromatic rings. The molecule has 1 N–H and O–H groups in total. The van der Waals surface area contributed by atoms with Gasteiger partial charge in [0.1, 0.15) is 0 Å². The fourth-order valence-electron chi connectivity index (χ4n) is 0. The molecule has 0 amide bonds. The summed E-state index contributed by atoms with van der Waals surface area (Å²) >= 11 is 2.54. The van der Waals surface area contributed by atoms with Crippen molar-refractivity contribution in [3.8, 4) is 0 Å². The minimum atomic E-state index is 0. The van der Waals surface area contributed by atoms with Gasteiger partial charge in [-0.15, -0.1) is 0 Å². The molecule has 0 fully saturated rings.